The summed E-state index contributed by atoms with van der Waals surface area (Å²) < 4.78 is 0. The Morgan fingerprint density at radius 1 is 1.07 bits per heavy atom. The van der Waals surface area contributed by atoms with Crippen LogP contribution in [-0.2, 0) is 11.2 Å². The molecule has 3 N–H and O–H groups in total. The van der Waals surface area contributed by atoms with Gasteiger partial charge in [0.2, 0.25) is 11.9 Å². The highest BCUT2D eigenvalue weighted by Gasteiger charge is 2.32. The first-order chi connectivity index (χ1) is 14.7. The maximum atomic E-state index is 12.6. The van der Waals surface area contributed by atoms with Gasteiger partial charge >= 0.3 is 0 Å². The summed E-state index contributed by atoms with van der Waals surface area (Å²) in [4.78, 5) is 28.6. The first-order valence-corrected chi connectivity index (χ1v) is 11.8. The molecule has 1 saturated heterocycles. The van der Waals surface area contributed by atoms with Crippen molar-refractivity contribution in [2.24, 2.45) is 0 Å². The molecule has 1 aromatic heterocycles. The Hall–Kier alpha value is -1.93. The number of aromatic nitrogens is 2. The van der Waals surface area contributed by atoms with Crippen molar-refractivity contribution >= 4 is 23.5 Å². The zero-order valence-corrected chi connectivity index (χ0v) is 18.4. The fourth-order valence-corrected chi connectivity index (χ4v) is 5.01. The molecule has 0 unspecified atom stereocenters. The van der Waals surface area contributed by atoms with Gasteiger partial charge in [0.05, 0.1) is 6.42 Å². The summed E-state index contributed by atoms with van der Waals surface area (Å²) in [5, 5.41) is 3.23. The average Bonchev–Trinajstić information content (AvgIpc) is 3.38. The number of anilines is 3. The lowest BCUT2D eigenvalue weighted by Gasteiger charge is -2.38. The van der Waals surface area contributed by atoms with E-state index in [1.54, 1.807) is 0 Å². The molecular formula is C22H37N7O. The number of hydrogen-bond acceptors (Lipinski definition) is 7. The van der Waals surface area contributed by atoms with Gasteiger partial charge in [0, 0.05) is 50.9 Å². The standard InChI is InChI=1S/C22H37N7O/c1-2-3-9-24-22-25-20(23)18-16-19(30)29(21(18)26-22)11-6-10-27-12-14-28(15-13-27)17-7-4-5-8-17/h17H,2-16H2,1H3,(H3,23,24,25,26). The van der Waals surface area contributed by atoms with Crippen molar-refractivity contribution in [1.29, 1.82) is 0 Å². The minimum Gasteiger partial charge on any atom is -0.383 e. The SMILES string of the molecule is CCCCNc1nc(N)c2c(n1)N(CCCN1CCN(C3CCCC3)CC1)C(=O)C2. The van der Waals surface area contributed by atoms with E-state index in [1.807, 2.05) is 4.90 Å². The first kappa shape index (κ1) is 21.3. The number of piperazine rings is 1. The predicted octanol–water partition coefficient (Wildman–Crippen LogP) is 2.11. The fraction of sp³-hybridized carbons (Fsp3) is 0.773. The van der Waals surface area contributed by atoms with Crippen molar-refractivity contribution in [1.82, 2.24) is 19.8 Å². The second-order valence-corrected chi connectivity index (χ2v) is 8.91. The number of nitrogens with zero attached hydrogens (tertiary/aromatic N) is 5. The molecule has 8 heteroatoms. The Morgan fingerprint density at radius 3 is 2.57 bits per heavy atom. The number of hydrogen-bond donors (Lipinski definition) is 2. The molecule has 1 aliphatic carbocycles. The normalized spacial score (nSPS) is 20.8. The summed E-state index contributed by atoms with van der Waals surface area (Å²) >= 11 is 0. The van der Waals surface area contributed by atoms with E-state index in [-0.39, 0.29) is 5.91 Å². The largest absolute Gasteiger partial charge is 0.383 e. The molecule has 1 aromatic rings. The van der Waals surface area contributed by atoms with E-state index in [0.717, 1.165) is 57.0 Å². The number of rotatable bonds is 9. The van der Waals surface area contributed by atoms with Gasteiger partial charge in [0.1, 0.15) is 11.6 Å². The highest BCUT2D eigenvalue weighted by atomic mass is 16.2. The molecule has 8 nitrogen and oxygen atoms in total. The van der Waals surface area contributed by atoms with Crippen molar-refractivity contribution in [2.45, 2.75) is 64.3 Å². The minimum absolute atomic E-state index is 0.0859. The predicted molar refractivity (Wildman–Crippen MR) is 121 cm³/mol. The van der Waals surface area contributed by atoms with Gasteiger partial charge in [0.25, 0.3) is 0 Å². The van der Waals surface area contributed by atoms with Crippen LogP contribution < -0.4 is 16.0 Å². The first-order valence-electron chi connectivity index (χ1n) is 11.8. The third kappa shape index (κ3) is 4.86. The van der Waals surface area contributed by atoms with Gasteiger partial charge in [-0.25, -0.2) is 0 Å². The quantitative estimate of drug-likeness (QED) is 0.597. The van der Waals surface area contributed by atoms with Crippen LogP contribution in [0.3, 0.4) is 0 Å². The molecule has 3 heterocycles. The number of unbranched alkanes of at least 4 members (excludes halogenated alkanes) is 1. The Labute approximate surface area is 180 Å². The monoisotopic (exact) mass is 415 g/mol. The molecule has 166 valence electrons. The molecule has 30 heavy (non-hydrogen) atoms. The summed E-state index contributed by atoms with van der Waals surface area (Å²) in [5.74, 6) is 1.75. The smallest absolute Gasteiger partial charge is 0.232 e. The van der Waals surface area contributed by atoms with E-state index in [1.165, 1.54) is 38.8 Å². The number of carbonyl (C=O) groups is 1. The van der Waals surface area contributed by atoms with Gasteiger partial charge in [-0.05, 0) is 32.2 Å². The van der Waals surface area contributed by atoms with Crippen LogP contribution in [0.2, 0.25) is 0 Å². The summed E-state index contributed by atoms with van der Waals surface area (Å²) in [7, 11) is 0. The zero-order valence-electron chi connectivity index (χ0n) is 18.4. The lowest BCUT2D eigenvalue weighted by Crippen LogP contribution is -2.50. The number of nitrogens with one attached hydrogen (secondary N) is 1. The number of carbonyl (C=O) groups excluding carboxylic acids is 1. The molecule has 0 radical (unpaired) electrons. The van der Waals surface area contributed by atoms with Crippen LogP contribution >= 0.6 is 0 Å². The average molecular weight is 416 g/mol. The second-order valence-electron chi connectivity index (χ2n) is 8.91. The molecule has 1 amide bonds. The molecule has 4 rings (SSSR count). The van der Waals surface area contributed by atoms with E-state index >= 15 is 0 Å². The van der Waals surface area contributed by atoms with E-state index in [4.69, 9.17) is 5.73 Å². The Balaban J connectivity index is 1.28. The van der Waals surface area contributed by atoms with Crippen molar-refractivity contribution in [3.8, 4) is 0 Å². The van der Waals surface area contributed by atoms with Crippen molar-refractivity contribution in [2.75, 3.05) is 61.8 Å². The van der Waals surface area contributed by atoms with Crippen LogP contribution in [0, 0.1) is 0 Å². The van der Waals surface area contributed by atoms with Gasteiger partial charge in [-0.3, -0.25) is 14.6 Å². The Morgan fingerprint density at radius 2 is 1.83 bits per heavy atom. The highest BCUT2D eigenvalue weighted by Crippen LogP contribution is 2.31. The van der Waals surface area contributed by atoms with Crippen LogP contribution in [0.4, 0.5) is 17.6 Å². The molecule has 0 bridgehead atoms. The summed E-state index contributed by atoms with van der Waals surface area (Å²) in [6, 6.07) is 0.830. The summed E-state index contributed by atoms with van der Waals surface area (Å²) in [6.45, 7) is 9.34. The van der Waals surface area contributed by atoms with Gasteiger partial charge in [-0.1, -0.05) is 26.2 Å². The molecule has 0 atom stereocenters. The van der Waals surface area contributed by atoms with Crippen LogP contribution in [0.25, 0.3) is 0 Å². The van der Waals surface area contributed by atoms with Crippen molar-refractivity contribution in [3.63, 3.8) is 0 Å². The second kappa shape index (κ2) is 9.92. The van der Waals surface area contributed by atoms with Crippen molar-refractivity contribution < 1.29 is 4.79 Å². The lowest BCUT2D eigenvalue weighted by molar-refractivity contribution is -0.117. The number of amides is 1. The van der Waals surface area contributed by atoms with Crippen LogP contribution in [0.5, 0.6) is 0 Å². The van der Waals surface area contributed by atoms with E-state index in [2.05, 4.69) is 32.0 Å². The molecular weight excluding hydrogens is 378 g/mol. The van der Waals surface area contributed by atoms with Crippen LogP contribution in [0.15, 0.2) is 0 Å². The summed E-state index contributed by atoms with van der Waals surface area (Å²) in [5.41, 5.74) is 6.91. The van der Waals surface area contributed by atoms with Crippen molar-refractivity contribution in [3.05, 3.63) is 5.56 Å². The van der Waals surface area contributed by atoms with Gasteiger partial charge < -0.3 is 16.0 Å². The number of nitrogens with two attached hydrogens (primary N) is 1. The summed E-state index contributed by atoms with van der Waals surface area (Å²) in [6.07, 6.45) is 9.01. The third-order valence-corrected chi connectivity index (χ3v) is 6.82. The Kier molecular flexibility index (Phi) is 7.04. The maximum absolute atomic E-state index is 12.6. The lowest BCUT2D eigenvalue weighted by atomic mass is 10.2. The highest BCUT2D eigenvalue weighted by molar-refractivity contribution is 6.01. The van der Waals surface area contributed by atoms with E-state index in [0.29, 0.717) is 30.5 Å². The van der Waals surface area contributed by atoms with Crippen LogP contribution in [-0.4, -0.2) is 77.5 Å². The van der Waals surface area contributed by atoms with Gasteiger partial charge in [-0.15, -0.1) is 0 Å². The molecule has 3 aliphatic rings. The zero-order chi connectivity index (χ0) is 20.9. The van der Waals surface area contributed by atoms with E-state index < -0.39 is 0 Å². The van der Waals surface area contributed by atoms with E-state index in [9.17, 15) is 4.79 Å². The number of nitrogen functional groups attached to an aromatic ring is 1. The molecule has 2 aliphatic heterocycles. The van der Waals surface area contributed by atoms with Crippen LogP contribution in [0.1, 0.15) is 57.4 Å². The fourth-order valence-electron chi connectivity index (χ4n) is 5.01. The Bertz CT molecular complexity index is 726. The maximum Gasteiger partial charge on any atom is 0.232 e. The van der Waals surface area contributed by atoms with Gasteiger partial charge in [-0.2, -0.15) is 9.97 Å². The number of fused-ring (bicyclic) bond motifs is 1. The van der Waals surface area contributed by atoms with Gasteiger partial charge in [0.15, 0.2) is 0 Å². The molecule has 0 spiro atoms. The molecule has 0 aromatic carbocycles. The third-order valence-electron chi connectivity index (χ3n) is 6.82. The molecule has 1 saturated carbocycles. The molecule has 2 fully saturated rings. The topological polar surface area (TPSA) is 90.6 Å². The minimum atomic E-state index is 0.0859.